The van der Waals surface area contributed by atoms with Crippen LogP contribution < -0.4 is 0 Å². The molecule has 9 heteroatoms. The molecule has 0 bridgehead atoms. The van der Waals surface area contributed by atoms with Crippen molar-refractivity contribution in [2.75, 3.05) is 0 Å². The normalized spacial score (nSPS) is 17.1. The fourth-order valence-electron chi connectivity index (χ4n) is 2.56. The fourth-order valence-corrected chi connectivity index (χ4v) is 4.93. The summed E-state index contributed by atoms with van der Waals surface area (Å²) < 4.78 is 35.6. The zero-order valence-corrected chi connectivity index (χ0v) is 18.0. The monoisotopic (exact) mass is 662 g/mol. The van der Waals surface area contributed by atoms with Crippen molar-refractivity contribution in [1.82, 2.24) is 0 Å². The van der Waals surface area contributed by atoms with Gasteiger partial charge in [-0.2, -0.15) is 8.78 Å². The second kappa shape index (κ2) is 7.22. The van der Waals surface area contributed by atoms with Gasteiger partial charge >= 0.3 is 17.9 Å². The summed E-state index contributed by atoms with van der Waals surface area (Å²) in [6, 6.07) is 3.39. The van der Waals surface area contributed by atoms with Gasteiger partial charge in [0, 0.05) is 10.7 Å². The van der Waals surface area contributed by atoms with Crippen molar-refractivity contribution in [3.8, 4) is 0 Å². The molecule has 0 heterocycles. The van der Waals surface area contributed by atoms with Crippen LogP contribution in [-0.4, -0.2) is 28.6 Å². The predicted octanol–water partition coefficient (Wildman–Crippen LogP) is 4.69. The molecular formula is C14H11F2I3O4. The smallest absolute Gasteiger partial charge is 0.381 e. The molecule has 0 spiro atoms. The Bertz CT molecular complexity index is 658. The van der Waals surface area contributed by atoms with Crippen LogP contribution in [-0.2, 0) is 9.53 Å². The standard InChI is InChI=1S/C14H11F2I3O4/c15-14(16,12(21)22)13(3-1-2-4-13)23-11(20)8-5-7(17)6-9(18)10(8)19/h5-6H,1-4H2,(H,21,22). The number of rotatable bonds is 4. The number of carbonyl (C=O) groups excluding carboxylic acids is 1. The van der Waals surface area contributed by atoms with Gasteiger partial charge in [-0.3, -0.25) is 0 Å². The lowest BCUT2D eigenvalue weighted by molar-refractivity contribution is -0.207. The van der Waals surface area contributed by atoms with Crippen molar-refractivity contribution in [2.24, 2.45) is 0 Å². The molecule has 1 fully saturated rings. The van der Waals surface area contributed by atoms with E-state index in [0.717, 1.165) is 7.14 Å². The highest BCUT2D eigenvalue weighted by Gasteiger charge is 2.63. The van der Waals surface area contributed by atoms with Crippen molar-refractivity contribution in [3.63, 3.8) is 0 Å². The van der Waals surface area contributed by atoms with E-state index in [0.29, 0.717) is 16.4 Å². The molecule has 2 rings (SSSR count). The number of ether oxygens (including phenoxy) is 1. The number of alkyl halides is 2. The summed E-state index contributed by atoms with van der Waals surface area (Å²) in [7, 11) is 0. The van der Waals surface area contributed by atoms with Crippen LogP contribution in [0.3, 0.4) is 0 Å². The highest BCUT2D eigenvalue weighted by atomic mass is 127. The number of hydrogen-bond donors (Lipinski definition) is 1. The largest absolute Gasteiger partial charge is 0.477 e. The van der Waals surface area contributed by atoms with Crippen molar-refractivity contribution < 1.29 is 28.2 Å². The lowest BCUT2D eigenvalue weighted by Gasteiger charge is -2.34. The van der Waals surface area contributed by atoms with Crippen LogP contribution in [0.25, 0.3) is 0 Å². The fraction of sp³-hybridized carbons (Fsp3) is 0.429. The second-order valence-electron chi connectivity index (χ2n) is 5.22. The molecule has 4 nitrogen and oxygen atoms in total. The summed E-state index contributed by atoms with van der Waals surface area (Å²) in [6.07, 6.45) is 0.486. The van der Waals surface area contributed by atoms with Gasteiger partial charge in [-0.05, 0) is 106 Å². The van der Waals surface area contributed by atoms with Crippen molar-refractivity contribution in [3.05, 3.63) is 28.4 Å². The second-order valence-corrected chi connectivity index (χ2v) is 8.71. The number of hydrogen-bond acceptors (Lipinski definition) is 3. The third-order valence-corrected chi connectivity index (χ3v) is 7.42. The van der Waals surface area contributed by atoms with Gasteiger partial charge in [-0.1, -0.05) is 0 Å². The van der Waals surface area contributed by atoms with E-state index in [1.165, 1.54) is 0 Å². The van der Waals surface area contributed by atoms with Crippen LogP contribution in [0.5, 0.6) is 0 Å². The van der Waals surface area contributed by atoms with E-state index in [-0.39, 0.29) is 18.4 Å². The number of esters is 1. The summed E-state index contributed by atoms with van der Waals surface area (Å²) in [4.78, 5) is 23.4. The maximum Gasteiger partial charge on any atom is 0.381 e. The average molecular weight is 662 g/mol. The summed E-state index contributed by atoms with van der Waals surface area (Å²) in [5, 5.41) is 8.85. The predicted molar refractivity (Wildman–Crippen MR) is 104 cm³/mol. The molecule has 1 aliphatic carbocycles. The molecule has 0 aromatic heterocycles. The summed E-state index contributed by atoms with van der Waals surface area (Å²) in [6.45, 7) is 0. The van der Waals surface area contributed by atoms with Gasteiger partial charge in [0.2, 0.25) is 0 Å². The van der Waals surface area contributed by atoms with Crippen LogP contribution >= 0.6 is 67.8 Å². The van der Waals surface area contributed by atoms with Gasteiger partial charge in [-0.15, -0.1) is 0 Å². The third-order valence-electron chi connectivity index (χ3n) is 3.75. The maximum atomic E-state index is 14.2. The van der Waals surface area contributed by atoms with Crippen molar-refractivity contribution in [1.29, 1.82) is 0 Å². The average Bonchev–Trinajstić information content (AvgIpc) is 2.92. The molecule has 126 valence electrons. The zero-order chi connectivity index (χ0) is 17.4. The summed E-state index contributed by atoms with van der Waals surface area (Å²) >= 11 is 6.01. The van der Waals surface area contributed by atoms with E-state index in [1.807, 2.05) is 73.8 Å². The van der Waals surface area contributed by atoms with Gasteiger partial charge in [0.15, 0.2) is 5.60 Å². The lowest BCUT2D eigenvalue weighted by atomic mass is 9.93. The Balaban J connectivity index is 2.39. The van der Waals surface area contributed by atoms with Crippen LogP contribution in [0.1, 0.15) is 36.0 Å². The van der Waals surface area contributed by atoms with Gasteiger partial charge in [0.1, 0.15) is 0 Å². The summed E-state index contributed by atoms with van der Waals surface area (Å²) in [5.74, 6) is -7.28. The van der Waals surface area contributed by atoms with Gasteiger partial charge in [-0.25, -0.2) is 9.59 Å². The molecule has 0 amide bonds. The van der Waals surface area contributed by atoms with Gasteiger partial charge < -0.3 is 9.84 Å². The van der Waals surface area contributed by atoms with Crippen molar-refractivity contribution in [2.45, 2.75) is 37.2 Å². The topological polar surface area (TPSA) is 63.6 Å². The minimum atomic E-state index is -4.11. The van der Waals surface area contributed by atoms with Crippen LogP contribution in [0.15, 0.2) is 12.1 Å². The number of halogens is 5. The molecule has 1 N–H and O–H groups in total. The Labute approximate surface area is 172 Å². The highest BCUT2D eigenvalue weighted by molar-refractivity contribution is 14.1. The number of carboxylic acid groups (broad SMARTS) is 1. The molecule has 0 saturated heterocycles. The first-order valence-corrected chi connectivity index (χ1v) is 9.83. The molecular weight excluding hydrogens is 651 g/mol. The molecule has 1 aromatic rings. The SMILES string of the molecule is O=C(OC1(C(F)(F)C(=O)O)CCCC1)c1cc(I)cc(I)c1I. The van der Waals surface area contributed by atoms with Gasteiger partial charge in [0.25, 0.3) is 0 Å². The molecule has 0 aliphatic heterocycles. The van der Waals surface area contributed by atoms with Gasteiger partial charge in [0.05, 0.1) is 5.56 Å². The van der Waals surface area contributed by atoms with Crippen LogP contribution in [0.4, 0.5) is 8.78 Å². The molecule has 1 aliphatic rings. The lowest BCUT2D eigenvalue weighted by Crippen LogP contribution is -2.54. The zero-order valence-electron chi connectivity index (χ0n) is 11.5. The molecule has 0 atom stereocenters. The van der Waals surface area contributed by atoms with Crippen LogP contribution in [0.2, 0.25) is 0 Å². The molecule has 0 unspecified atom stereocenters. The Kier molecular flexibility index (Phi) is 6.13. The Morgan fingerprint density at radius 1 is 1.17 bits per heavy atom. The van der Waals surface area contributed by atoms with E-state index < -0.39 is 23.5 Å². The number of aliphatic carboxylic acids is 1. The van der Waals surface area contributed by atoms with E-state index in [9.17, 15) is 18.4 Å². The first-order valence-electron chi connectivity index (χ1n) is 6.60. The first kappa shape index (κ1) is 19.5. The first-order chi connectivity index (χ1) is 10.6. The molecule has 1 aromatic carbocycles. The Morgan fingerprint density at radius 2 is 1.74 bits per heavy atom. The highest BCUT2D eigenvalue weighted by Crippen LogP contribution is 2.46. The van der Waals surface area contributed by atoms with E-state index in [4.69, 9.17) is 9.84 Å². The van der Waals surface area contributed by atoms with Crippen molar-refractivity contribution >= 4 is 79.7 Å². The molecule has 0 radical (unpaired) electrons. The Morgan fingerprint density at radius 3 is 2.26 bits per heavy atom. The van der Waals surface area contributed by atoms with E-state index in [2.05, 4.69) is 0 Å². The number of carboxylic acids is 1. The van der Waals surface area contributed by atoms with E-state index >= 15 is 0 Å². The number of carbonyl (C=O) groups is 2. The minimum absolute atomic E-state index is 0.157. The third kappa shape index (κ3) is 3.75. The Hall–Kier alpha value is 0.210. The minimum Gasteiger partial charge on any atom is -0.477 e. The quantitative estimate of drug-likeness (QED) is 0.289. The molecule has 1 saturated carbocycles. The van der Waals surface area contributed by atoms with E-state index in [1.54, 1.807) is 6.07 Å². The maximum absolute atomic E-state index is 14.2. The van der Waals surface area contributed by atoms with Crippen LogP contribution in [0, 0.1) is 10.7 Å². The number of benzene rings is 1. The summed E-state index contributed by atoms with van der Waals surface area (Å²) in [5.41, 5.74) is -2.10. The molecule has 23 heavy (non-hydrogen) atoms.